The molecule has 0 radical (unpaired) electrons. The van der Waals surface area contributed by atoms with Crippen LogP contribution in [0.2, 0.25) is 5.02 Å². The summed E-state index contributed by atoms with van der Waals surface area (Å²) in [5, 5.41) is 18.0. The van der Waals surface area contributed by atoms with Crippen LogP contribution in [0.5, 0.6) is 5.75 Å². The molecule has 8 heteroatoms. The fourth-order valence-corrected chi connectivity index (χ4v) is 2.86. The van der Waals surface area contributed by atoms with Gasteiger partial charge in [-0.2, -0.15) is 0 Å². The number of carbonyl (C=O) groups is 1. The molecule has 0 atom stereocenters. The van der Waals surface area contributed by atoms with Crippen LogP contribution < -0.4 is 4.72 Å². The Balaban J connectivity index is 2.38. The van der Waals surface area contributed by atoms with Crippen LogP contribution in [0.25, 0.3) is 0 Å². The second kappa shape index (κ2) is 5.63. The Hall–Kier alpha value is -2.25. The number of benzene rings is 2. The van der Waals surface area contributed by atoms with Crippen molar-refractivity contribution in [1.29, 1.82) is 0 Å². The molecule has 2 aromatic carbocycles. The van der Waals surface area contributed by atoms with E-state index in [1.54, 1.807) is 0 Å². The van der Waals surface area contributed by atoms with E-state index in [4.69, 9.17) is 21.8 Å². The number of carboxylic acids is 1. The van der Waals surface area contributed by atoms with Crippen molar-refractivity contribution in [1.82, 2.24) is 0 Å². The Morgan fingerprint density at radius 1 is 1.10 bits per heavy atom. The summed E-state index contributed by atoms with van der Waals surface area (Å²) in [6, 6.07) is 8.79. The zero-order valence-corrected chi connectivity index (χ0v) is 12.0. The molecule has 0 aliphatic heterocycles. The number of aromatic carboxylic acids is 1. The first kappa shape index (κ1) is 15.1. The van der Waals surface area contributed by atoms with Gasteiger partial charge in [-0.25, -0.2) is 13.2 Å². The Morgan fingerprint density at radius 2 is 1.71 bits per heavy atom. The van der Waals surface area contributed by atoms with E-state index in [-0.39, 0.29) is 26.9 Å². The highest BCUT2D eigenvalue weighted by molar-refractivity contribution is 7.92. The minimum Gasteiger partial charge on any atom is -0.508 e. The number of carboxylic acid groups (broad SMARTS) is 1. The van der Waals surface area contributed by atoms with Gasteiger partial charge in [0.2, 0.25) is 0 Å². The van der Waals surface area contributed by atoms with E-state index in [2.05, 4.69) is 4.72 Å². The maximum Gasteiger partial charge on any atom is 0.337 e. The lowest BCUT2D eigenvalue weighted by Gasteiger charge is -2.09. The van der Waals surface area contributed by atoms with E-state index in [1.807, 2.05) is 0 Å². The van der Waals surface area contributed by atoms with E-state index in [0.29, 0.717) is 0 Å². The fourth-order valence-electron chi connectivity index (χ4n) is 1.58. The molecule has 6 nitrogen and oxygen atoms in total. The summed E-state index contributed by atoms with van der Waals surface area (Å²) >= 11 is 5.70. The molecule has 0 aromatic heterocycles. The quantitative estimate of drug-likeness (QED) is 0.749. The number of hydrogen-bond acceptors (Lipinski definition) is 4. The molecule has 0 heterocycles. The first-order valence-corrected chi connectivity index (χ1v) is 7.50. The fraction of sp³-hybridized carbons (Fsp3) is 0. The van der Waals surface area contributed by atoms with E-state index < -0.39 is 16.0 Å². The number of aromatic hydroxyl groups is 1. The molecular weight excluding hydrogens is 318 g/mol. The molecule has 0 fully saturated rings. The highest BCUT2D eigenvalue weighted by Crippen LogP contribution is 2.23. The van der Waals surface area contributed by atoms with Crippen LogP contribution in [0.15, 0.2) is 47.4 Å². The minimum atomic E-state index is -3.95. The summed E-state index contributed by atoms with van der Waals surface area (Å²) < 4.78 is 26.6. The van der Waals surface area contributed by atoms with Gasteiger partial charge in [0.15, 0.2) is 0 Å². The molecule has 0 saturated carbocycles. The van der Waals surface area contributed by atoms with Gasteiger partial charge in [0.25, 0.3) is 10.0 Å². The second-order valence-corrected chi connectivity index (χ2v) is 6.19. The number of sulfonamides is 1. The van der Waals surface area contributed by atoms with E-state index in [9.17, 15) is 13.2 Å². The van der Waals surface area contributed by atoms with Gasteiger partial charge in [-0.05, 0) is 42.5 Å². The molecule has 0 aliphatic rings. The van der Waals surface area contributed by atoms with E-state index >= 15 is 0 Å². The van der Waals surface area contributed by atoms with Gasteiger partial charge < -0.3 is 10.2 Å². The van der Waals surface area contributed by atoms with Crippen LogP contribution in [0.4, 0.5) is 5.69 Å². The number of anilines is 1. The lowest BCUT2D eigenvalue weighted by atomic mass is 10.2. The maximum absolute atomic E-state index is 12.2. The highest BCUT2D eigenvalue weighted by Gasteiger charge is 2.18. The lowest BCUT2D eigenvalue weighted by molar-refractivity contribution is 0.0697. The maximum atomic E-state index is 12.2. The van der Waals surface area contributed by atoms with Crippen molar-refractivity contribution in [2.45, 2.75) is 4.90 Å². The second-order valence-electron chi connectivity index (χ2n) is 4.10. The summed E-state index contributed by atoms with van der Waals surface area (Å²) in [6.45, 7) is 0. The third-order valence-electron chi connectivity index (χ3n) is 2.60. The highest BCUT2D eigenvalue weighted by atomic mass is 35.5. The number of nitrogens with one attached hydrogen (secondary N) is 1. The Bertz CT molecular complexity index is 787. The summed E-state index contributed by atoms with van der Waals surface area (Å²) in [5.74, 6) is -1.32. The van der Waals surface area contributed by atoms with E-state index in [1.165, 1.54) is 36.4 Å². The third kappa shape index (κ3) is 3.45. The average molecular weight is 328 g/mol. The molecule has 3 N–H and O–H groups in total. The number of halogens is 1. The number of phenols is 1. The zero-order chi connectivity index (χ0) is 15.6. The van der Waals surface area contributed by atoms with Crippen molar-refractivity contribution in [3.63, 3.8) is 0 Å². The molecule has 0 aliphatic carbocycles. The molecule has 2 aromatic rings. The van der Waals surface area contributed by atoms with Gasteiger partial charge in [0.05, 0.1) is 15.5 Å². The van der Waals surface area contributed by atoms with Gasteiger partial charge in [-0.15, -0.1) is 0 Å². The number of hydrogen-bond donors (Lipinski definition) is 3. The molecule has 0 amide bonds. The summed E-state index contributed by atoms with van der Waals surface area (Å²) in [7, 11) is -3.95. The largest absolute Gasteiger partial charge is 0.508 e. The van der Waals surface area contributed by atoms with Crippen LogP contribution in [0, 0.1) is 0 Å². The predicted octanol–water partition coefficient (Wildman–Crippen LogP) is 2.54. The topological polar surface area (TPSA) is 104 Å². The van der Waals surface area contributed by atoms with Crippen molar-refractivity contribution < 1.29 is 23.4 Å². The average Bonchev–Trinajstić information content (AvgIpc) is 2.41. The third-order valence-corrected chi connectivity index (χ3v) is 4.31. The van der Waals surface area contributed by atoms with Crippen molar-refractivity contribution in [3.8, 4) is 5.75 Å². The van der Waals surface area contributed by atoms with Crippen molar-refractivity contribution >= 4 is 33.3 Å². The lowest BCUT2D eigenvalue weighted by Crippen LogP contribution is -2.13. The van der Waals surface area contributed by atoms with Gasteiger partial charge >= 0.3 is 5.97 Å². The molecule has 21 heavy (non-hydrogen) atoms. The molecule has 0 bridgehead atoms. The van der Waals surface area contributed by atoms with Crippen LogP contribution >= 0.6 is 11.6 Å². The first-order chi connectivity index (χ1) is 9.79. The molecule has 0 unspecified atom stereocenters. The first-order valence-electron chi connectivity index (χ1n) is 5.64. The smallest absolute Gasteiger partial charge is 0.337 e. The van der Waals surface area contributed by atoms with Gasteiger partial charge in [-0.1, -0.05) is 11.6 Å². The zero-order valence-electron chi connectivity index (χ0n) is 10.4. The Morgan fingerprint density at radius 3 is 2.29 bits per heavy atom. The van der Waals surface area contributed by atoms with E-state index in [0.717, 1.165) is 6.07 Å². The predicted molar refractivity (Wildman–Crippen MR) is 77.3 cm³/mol. The van der Waals surface area contributed by atoms with Gasteiger partial charge in [-0.3, -0.25) is 4.72 Å². The van der Waals surface area contributed by atoms with Crippen LogP contribution in [0.3, 0.4) is 0 Å². The van der Waals surface area contributed by atoms with Crippen LogP contribution in [-0.4, -0.2) is 24.6 Å². The van der Waals surface area contributed by atoms with Gasteiger partial charge in [0, 0.05) is 5.69 Å². The summed E-state index contributed by atoms with van der Waals surface area (Å²) in [6.07, 6.45) is 0. The minimum absolute atomic E-state index is 0.00222. The standard InChI is InChI=1S/C13H10ClNO5S/c14-12-6-5-10(7-11(12)13(17)18)21(19,20)15-8-1-3-9(16)4-2-8/h1-7,15-16H,(H,17,18). The summed E-state index contributed by atoms with van der Waals surface area (Å²) in [4.78, 5) is 10.7. The Labute approximate surface area is 125 Å². The molecule has 2 rings (SSSR count). The Kier molecular flexibility index (Phi) is 4.06. The normalized spacial score (nSPS) is 11.1. The number of phenolic OH excluding ortho intramolecular Hbond substituents is 1. The van der Waals surface area contributed by atoms with Crippen LogP contribution in [-0.2, 0) is 10.0 Å². The van der Waals surface area contributed by atoms with Crippen LogP contribution in [0.1, 0.15) is 10.4 Å². The summed E-state index contributed by atoms with van der Waals surface area (Å²) in [5.41, 5.74) is -0.0649. The molecular formula is C13H10ClNO5S. The van der Waals surface area contributed by atoms with Crippen molar-refractivity contribution in [3.05, 3.63) is 53.1 Å². The molecule has 0 spiro atoms. The number of rotatable bonds is 4. The monoisotopic (exact) mass is 327 g/mol. The molecule has 110 valence electrons. The van der Waals surface area contributed by atoms with Crippen molar-refractivity contribution in [2.75, 3.05) is 4.72 Å². The SMILES string of the molecule is O=C(O)c1cc(S(=O)(=O)Nc2ccc(O)cc2)ccc1Cl. The molecule has 0 saturated heterocycles. The van der Waals surface area contributed by atoms with Crippen molar-refractivity contribution in [2.24, 2.45) is 0 Å². The van der Waals surface area contributed by atoms with Gasteiger partial charge in [0.1, 0.15) is 5.75 Å².